The smallest absolute Gasteiger partial charge is 0.286 e. The average Bonchev–Trinajstić information content (AvgIpc) is 3.34. The fraction of sp³-hybridized carbons (Fsp3) is 0.227. The Morgan fingerprint density at radius 2 is 1.94 bits per heavy atom. The van der Waals surface area contributed by atoms with Gasteiger partial charge in [0, 0.05) is 43.4 Å². The monoisotopic (exact) mass is 467 g/mol. The highest BCUT2D eigenvalue weighted by Gasteiger charge is 2.28. The van der Waals surface area contributed by atoms with Crippen molar-refractivity contribution in [2.45, 2.75) is 4.90 Å². The Balaban J connectivity index is 1.25. The Kier molecular flexibility index (Phi) is 5.50. The number of amides is 1. The summed E-state index contributed by atoms with van der Waals surface area (Å²) in [5, 5.41) is 5.14. The molecule has 0 radical (unpaired) electrons. The zero-order valence-electron chi connectivity index (χ0n) is 17.1. The van der Waals surface area contributed by atoms with E-state index in [0.717, 1.165) is 10.4 Å². The number of pyridine rings is 1. The molecule has 8 nitrogen and oxygen atoms in total. The zero-order valence-corrected chi connectivity index (χ0v) is 18.8. The van der Waals surface area contributed by atoms with Crippen LogP contribution in [0.3, 0.4) is 0 Å². The van der Waals surface area contributed by atoms with E-state index in [-0.39, 0.29) is 10.8 Å². The molecule has 1 aromatic carbocycles. The number of aromatic nitrogens is 1. The molecular formula is C22H21N5O3S2. The summed E-state index contributed by atoms with van der Waals surface area (Å²) in [6.07, 6.45) is 3.21. The summed E-state index contributed by atoms with van der Waals surface area (Å²) >= 11 is 1.56. The Morgan fingerprint density at radius 1 is 1.09 bits per heavy atom. The van der Waals surface area contributed by atoms with Crippen molar-refractivity contribution in [3.8, 4) is 10.4 Å². The van der Waals surface area contributed by atoms with Crippen molar-refractivity contribution >= 4 is 38.8 Å². The van der Waals surface area contributed by atoms with E-state index in [0.29, 0.717) is 49.8 Å². The van der Waals surface area contributed by atoms with Crippen LogP contribution >= 0.6 is 11.3 Å². The van der Waals surface area contributed by atoms with E-state index in [4.69, 9.17) is 0 Å². The standard InChI is InChI=1S/C22H21N5O3S2/c28-22(17-3-1-7-23-14-17)27-10-8-26(9-11-27)15-21-24-18-6-5-16(19-4-2-12-31-19)13-20(18)32(29,30)25-21/h1-7,12-14H,8-11,15H2,(H,24,25). The maximum Gasteiger partial charge on any atom is 0.286 e. The minimum absolute atomic E-state index is 0.0380. The largest absolute Gasteiger partial charge is 0.341 e. The molecule has 0 atom stereocenters. The van der Waals surface area contributed by atoms with Gasteiger partial charge in [0.1, 0.15) is 10.7 Å². The summed E-state index contributed by atoms with van der Waals surface area (Å²) in [6, 6.07) is 12.8. The Labute approximate surface area is 190 Å². The highest BCUT2D eigenvalue weighted by atomic mass is 32.2. The van der Waals surface area contributed by atoms with E-state index in [2.05, 4.69) is 19.6 Å². The van der Waals surface area contributed by atoms with Crippen LogP contribution in [0.5, 0.6) is 0 Å². The highest BCUT2D eigenvalue weighted by Crippen LogP contribution is 2.33. The Morgan fingerprint density at radius 3 is 2.66 bits per heavy atom. The Hall–Kier alpha value is -3.08. The van der Waals surface area contributed by atoms with Gasteiger partial charge >= 0.3 is 0 Å². The van der Waals surface area contributed by atoms with Gasteiger partial charge in [0.05, 0.1) is 17.8 Å². The number of amidine groups is 1. The van der Waals surface area contributed by atoms with Crippen molar-refractivity contribution in [3.63, 3.8) is 0 Å². The second-order valence-corrected chi connectivity index (χ2v) is 10.2. The molecule has 10 heteroatoms. The number of hydrogen-bond donors (Lipinski definition) is 1. The summed E-state index contributed by atoms with van der Waals surface area (Å²) in [5.74, 6) is 0.359. The minimum atomic E-state index is -3.78. The number of nitrogens with zero attached hydrogens (tertiary/aromatic N) is 4. The number of nitrogens with one attached hydrogen (secondary N) is 1. The van der Waals surface area contributed by atoms with Crippen molar-refractivity contribution in [3.05, 3.63) is 65.8 Å². The van der Waals surface area contributed by atoms with Gasteiger partial charge in [-0.25, -0.2) is 0 Å². The number of carbonyl (C=O) groups is 1. The van der Waals surface area contributed by atoms with Gasteiger partial charge < -0.3 is 10.2 Å². The number of hydrogen-bond acceptors (Lipinski definition) is 7. The van der Waals surface area contributed by atoms with Crippen molar-refractivity contribution < 1.29 is 13.2 Å². The van der Waals surface area contributed by atoms with Crippen LogP contribution < -0.4 is 5.32 Å². The topological polar surface area (TPSA) is 95.0 Å². The van der Waals surface area contributed by atoms with Crippen LogP contribution in [0.2, 0.25) is 0 Å². The molecule has 4 heterocycles. The van der Waals surface area contributed by atoms with Crippen LogP contribution in [0.15, 0.2) is 69.5 Å². The number of sulfonamides is 1. The highest BCUT2D eigenvalue weighted by molar-refractivity contribution is 7.90. The van der Waals surface area contributed by atoms with Gasteiger partial charge in [0.2, 0.25) is 0 Å². The number of thiophene rings is 1. The Bertz CT molecular complexity index is 1270. The molecule has 2 aromatic heterocycles. The first kappa shape index (κ1) is 20.8. The lowest BCUT2D eigenvalue weighted by atomic mass is 10.1. The average molecular weight is 468 g/mol. The number of rotatable bonds is 4. The van der Waals surface area contributed by atoms with E-state index in [9.17, 15) is 13.2 Å². The van der Waals surface area contributed by atoms with Crippen molar-refractivity contribution in [1.82, 2.24) is 14.8 Å². The molecule has 3 aromatic rings. The third-order valence-electron chi connectivity index (χ3n) is 5.52. The molecule has 32 heavy (non-hydrogen) atoms. The fourth-order valence-corrected chi connectivity index (χ4v) is 5.76. The quantitative estimate of drug-likeness (QED) is 0.634. The first-order valence-electron chi connectivity index (χ1n) is 10.2. The second kappa shape index (κ2) is 8.45. The normalized spacial score (nSPS) is 17.9. The first-order chi connectivity index (χ1) is 15.5. The fourth-order valence-electron chi connectivity index (χ4n) is 3.87. The van der Waals surface area contributed by atoms with Gasteiger partial charge in [-0.15, -0.1) is 15.7 Å². The summed E-state index contributed by atoms with van der Waals surface area (Å²) in [5.41, 5.74) is 1.97. The molecule has 1 saturated heterocycles. The number of piperazine rings is 1. The summed E-state index contributed by atoms with van der Waals surface area (Å²) < 4.78 is 29.7. The molecule has 0 bridgehead atoms. The van der Waals surface area contributed by atoms with E-state index in [1.807, 2.05) is 23.6 Å². The van der Waals surface area contributed by atoms with Crippen LogP contribution in [0, 0.1) is 0 Å². The number of anilines is 1. The van der Waals surface area contributed by atoms with E-state index < -0.39 is 10.0 Å². The summed E-state index contributed by atoms with van der Waals surface area (Å²) in [7, 11) is -3.78. The summed E-state index contributed by atoms with van der Waals surface area (Å²) in [4.78, 5) is 21.7. The number of fused-ring (bicyclic) bond motifs is 1. The molecule has 1 amide bonds. The van der Waals surface area contributed by atoms with Gasteiger partial charge in [-0.1, -0.05) is 12.1 Å². The third kappa shape index (κ3) is 4.16. The maximum atomic E-state index is 12.8. The molecule has 2 aliphatic heterocycles. The van der Waals surface area contributed by atoms with Crippen molar-refractivity contribution in [2.75, 3.05) is 38.0 Å². The lowest BCUT2D eigenvalue weighted by Crippen LogP contribution is -2.50. The van der Waals surface area contributed by atoms with Gasteiger partial charge in [0.25, 0.3) is 15.9 Å². The van der Waals surface area contributed by atoms with E-state index >= 15 is 0 Å². The number of benzene rings is 1. The van der Waals surface area contributed by atoms with Gasteiger partial charge in [-0.2, -0.15) is 8.42 Å². The lowest BCUT2D eigenvalue weighted by Gasteiger charge is -2.35. The predicted octanol–water partition coefficient (Wildman–Crippen LogP) is 2.78. The van der Waals surface area contributed by atoms with Gasteiger partial charge in [-0.3, -0.25) is 14.7 Å². The molecule has 5 rings (SSSR count). The van der Waals surface area contributed by atoms with Crippen molar-refractivity contribution in [1.29, 1.82) is 0 Å². The van der Waals surface area contributed by atoms with Crippen LogP contribution in [-0.2, 0) is 10.0 Å². The van der Waals surface area contributed by atoms with Crippen LogP contribution in [0.1, 0.15) is 10.4 Å². The maximum absolute atomic E-state index is 12.8. The van der Waals surface area contributed by atoms with E-state index in [1.54, 1.807) is 52.9 Å². The predicted molar refractivity (Wildman–Crippen MR) is 125 cm³/mol. The SMILES string of the molecule is O=C(c1cccnc1)N1CCN(CC2=NS(=O)(=O)c3cc(-c4cccs4)ccc3N2)CC1. The zero-order chi connectivity index (χ0) is 22.1. The van der Waals surface area contributed by atoms with Crippen LogP contribution in [-0.4, -0.2) is 67.7 Å². The first-order valence-corrected chi connectivity index (χ1v) is 12.5. The van der Waals surface area contributed by atoms with Gasteiger partial charge in [0.15, 0.2) is 0 Å². The second-order valence-electron chi connectivity index (χ2n) is 7.64. The molecule has 2 aliphatic rings. The van der Waals surface area contributed by atoms with Crippen molar-refractivity contribution in [2.24, 2.45) is 4.40 Å². The summed E-state index contributed by atoms with van der Waals surface area (Å²) in [6.45, 7) is 2.77. The minimum Gasteiger partial charge on any atom is -0.341 e. The number of carbonyl (C=O) groups excluding carboxylic acids is 1. The molecule has 0 spiro atoms. The molecule has 164 valence electrons. The van der Waals surface area contributed by atoms with Crippen LogP contribution in [0.4, 0.5) is 5.69 Å². The van der Waals surface area contributed by atoms with Gasteiger partial charge in [-0.05, 0) is 41.3 Å². The third-order valence-corrected chi connectivity index (χ3v) is 7.79. The van der Waals surface area contributed by atoms with E-state index in [1.165, 1.54) is 0 Å². The molecule has 0 aliphatic carbocycles. The molecule has 0 unspecified atom stereocenters. The molecule has 1 N–H and O–H groups in total. The lowest BCUT2D eigenvalue weighted by molar-refractivity contribution is 0.0654. The molecular weight excluding hydrogens is 446 g/mol. The van der Waals surface area contributed by atoms with Crippen LogP contribution in [0.25, 0.3) is 10.4 Å². The molecule has 0 saturated carbocycles. The molecule has 1 fully saturated rings.